The average molecular weight is 222 g/mol. The largest absolute Gasteiger partial charge is 0.304 e. The molecule has 2 aromatic heterocycles. The molecule has 0 radical (unpaired) electrons. The Morgan fingerprint density at radius 2 is 1.76 bits per heavy atom. The van der Waals surface area contributed by atoms with E-state index in [2.05, 4.69) is 53.7 Å². The third-order valence-corrected chi connectivity index (χ3v) is 2.98. The predicted octanol–water partition coefficient (Wildman–Crippen LogP) is 3.62. The molecular weight excluding hydrogens is 208 g/mol. The van der Waals surface area contributed by atoms with Crippen molar-refractivity contribution < 1.29 is 0 Å². The van der Waals surface area contributed by atoms with Gasteiger partial charge in [0.05, 0.1) is 5.69 Å². The zero-order valence-electron chi connectivity index (χ0n) is 10.0. The summed E-state index contributed by atoms with van der Waals surface area (Å²) in [4.78, 5) is 4.67. The number of hydrogen-bond donors (Lipinski definition) is 0. The second kappa shape index (κ2) is 3.74. The summed E-state index contributed by atoms with van der Waals surface area (Å²) in [5, 5.41) is 0. The van der Waals surface area contributed by atoms with E-state index in [-0.39, 0.29) is 0 Å². The van der Waals surface area contributed by atoms with Crippen molar-refractivity contribution in [2.24, 2.45) is 0 Å². The number of hydrogen-bond acceptors (Lipinski definition) is 1. The Balaban J connectivity index is 2.24. The van der Waals surface area contributed by atoms with Crippen molar-refractivity contribution in [1.82, 2.24) is 9.38 Å². The van der Waals surface area contributed by atoms with Gasteiger partial charge in [-0.25, -0.2) is 4.98 Å². The number of benzene rings is 1. The number of imidazole rings is 1. The lowest BCUT2D eigenvalue weighted by atomic mass is 10.2. The summed E-state index contributed by atoms with van der Waals surface area (Å²) in [6.07, 6.45) is 2.10. The Morgan fingerprint density at radius 1 is 1.00 bits per heavy atom. The minimum absolute atomic E-state index is 1.02. The van der Waals surface area contributed by atoms with E-state index in [0.717, 1.165) is 16.9 Å². The van der Waals surface area contributed by atoms with E-state index in [1.807, 2.05) is 18.2 Å². The lowest BCUT2D eigenvalue weighted by molar-refractivity contribution is 1.08. The van der Waals surface area contributed by atoms with Crippen LogP contribution >= 0.6 is 0 Å². The normalized spacial score (nSPS) is 10.9. The molecule has 0 atom stereocenters. The molecule has 0 aliphatic carbocycles. The first-order valence-electron chi connectivity index (χ1n) is 5.76. The Labute approximate surface area is 101 Å². The monoisotopic (exact) mass is 222 g/mol. The van der Waals surface area contributed by atoms with Crippen molar-refractivity contribution in [3.05, 3.63) is 59.9 Å². The van der Waals surface area contributed by atoms with Crippen LogP contribution < -0.4 is 0 Å². The second-order valence-corrected chi connectivity index (χ2v) is 4.39. The number of nitrogens with zero attached hydrogens (tertiary/aromatic N) is 2. The molecule has 1 aromatic carbocycles. The number of fused-ring (bicyclic) bond motifs is 1. The summed E-state index contributed by atoms with van der Waals surface area (Å²) in [6.45, 7) is 4.21. The molecule has 0 saturated heterocycles. The zero-order chi connectivity index (χ0) is 11.8. The fourth-order valence-electron chi connectivity index (χ4n) is 2.17. The van der Waals surface area contributed by atoms with E-state index in [1.54, 1.807) is 0 Å². The van der Waals surface area contributed by atoms with Crippen molar-refractivity contribution in [3.63, 3.8) is 0 Å². The zero-order valence-corrected chi connectivity index (χ0v) is 10.0. The van der Waals surface area contributed by atoms with E-state index in [0.29, 0.717) is 0 Å². The molecule has 0 unspecified atom stereocenters. The van der Waals surface area contributed by atoms with Crippen LogP contribution in [0.25, 0.3) is 16.9 Å². The molecule has 2 nitrogen and oxygen atoms in total. The van der Waals surface area contributed by atoms with E-state index < -0.39 is 0 Å². The van der Waals surface area contributed by atoms with Crippen molar-refractivity contribution >= 4 is 5.65 Å². The molecule has 0 N–H and O–H groups in total. The van der Waals surface area contributed by atoms with Crippen LogP contribution in [0.1, 0.15) is 11.3 Å². The molecule has 0 bridgehead atoms. The summed E-state index contributed by atoms with van der Waals surface area (Å²) >= 11 is 0. The van der Waals surface area contributed by atoms with Crippen molar-refractivity contribution in [2.75, 3.05) is 0 Å². The minimum atomic E-state index is 1.02. The van der Waals surface area contributed by atoms with Crippen LogP contribution in [-0.4, -0.2) is 9.38 Å². The van der Waals surface area contributed by atoms with Crippen LogP contribution in [0.4, 0.5) is 0 Å². The van der Waals surface area contributed by atoms with Crippen LogP contribution in [0.3, 0.4) is 0 Å². The summed E-state index contributed by atoms with van der Waals surface area (Å²) < 4.78 is 2.13. The molecule has 17 heavy (non-hydrogen) atoms. The van der Waals surface area contributed by atoms with Gasteiger partial charge in [-0.2, -0.15) is 0 Å². The molecule has 84 valence electrons. The van der Waals surface area contributed by atoms with E-state index in [1.165, 1.54) is 11.3 Å². The summed E-state index contributed by atoms with van der Waals surface area (Å²) in [7, 11) is 0. The second-order valence-electron chi connectivity index (χ2n) is 4.39. The highest BCUT2D eigenvalue weighted by Crippen LogP contribution is 2.20. The maximum atomic E-state index is 4.67. The van der Waals surface area contributed by atoms with E-state index in [4.69, 9.17) is 0 Å². The van der Waals surface area contributed by atoms with Gasteiger partial charge in [-0.1, -0.05) is 30.3 Å². The van der Waals surface area contributed by atoms with Gasteiger partial charge in [0, 0.05) is 17.5 Å². The molecular formula is C15H14N2. The fraction of sp³-hybridized carbons (Fsp3) is 0.133. The SMILES string of the molecule is Cc1cc(C)n2cc(-c3ccccc3)nc2c1. The molecule has 0 fully saturated rings. The van der Waals surface area contributed by atoms with Gasteiger partial charge >= 0.3 is 0 Å². The van der Waals surface area contributed by atoms with Gasteiger partial charge in [-0.15, -0.1) is 0 Å². The number of aryl methyl sites for hydroxylation is 2. The minimum Gasteiger partial charge on any atom is -0.304 e. The summed E-state index contributed by atoms with van der Waals surface area (Å²) in [6, 6.07) is 14.6. The first-order valence-corrected chi connectivity index (χ1v) is 5.76. The van der Waals surface area contributed by atoms with Crippen molar-refractivity contribution in [3.8, 4) is 11.3 Å². The number of aromatic nitrogens is 2. The van der Waals surface area contributed by atoms with Crippen LogP contribution in [0.2, 0.25) is 0 Å². The molecule has 2 heterocycles. The summed E-state index contributed by atoms with van der Waals surface area (Å²) in [5.41, 5.74) is 5.67. The van der Waals surface area contributed by atoms with Gasteiger partial charge in [0.25, 0.3) is 0 Å². The number of pyridine rings is 1. The average Bonchev–Trinajstić information content (AvgIpc) is 2.74. The molecule has 0 aliphatic heterocycles. The van der Waals surface area contributed by atoms with Gasteiger partial charge in [-0.3, -0.25) is 0 Å². The van der Waals surface area contributed by atoms with Crippen molar-refractivity contribution in [1.29, 1.82) is 0 Å². The highest BCUT2D eigenvalue weighted by atomic mass is 15.0. The van der Waals surface area contributed by atoms with Gasteiger partial charge in [0.2, 0.25) is 0 Å². The standard InChI is InChI=1S/C15H14N2/c1-11-8-12(2)17-10-14(16-15(17)9-11)13-6-4-3-5-7-13/h3-10H,1-2H3. The predicted molar refractivity (Wildman–Crippen MR) is 70.1 cm³/mol. The molecule has 0 saturated carbocycles. The molecule has 3 rings (SSSR count). The van der Waals surface area contributed by atoms with E-state index in [9.17, 15) is 0 Å². The fourth-order valence-corrected chi connectivity index (χ4v) is 2.17. The Hall–Kier alpha value is -2.09. The molecule has 0 spiro atoms. The Morgan fingerprint density at radius 3 is 2.53 bits per heavy atom. The first kappa shape index (κ1) is 10.1. The molecule has 0 aliphatic rings. The van der Waals surface area contributed by atoms with Gasteiger partial charge in [0.1, 0.15) is 5.65 Å². The van der Waals surface area contributed by atoms with Gasteiger partial charge in [-0.05, 0) is 31.5 Å². The molecule has 0 amide bonds. The van der Waals surface area contributed by atoms with Gasteiger partial charge in [0.15, 0.2) is 0 Å². The quantitative estimate of drug-likeness (QED) is 0.614. The third kappa shape index (κ3) is 1.72. The maximum absolute atomic E-state index is 4.67. The highest BCUT2D eigenvalue weighted by molar-refractivity contribution is 5.63. The lowest BCUT2D eigenvalue weighted by Gasteiger charge is -1.99. The number of rotatable bonds is 1. The maximum Gasteiger partial charge on any atom is 0.137 e. The van der Waals surface area contributed by atoms with Crippen LogP contribution in [-0.2, 0) is 0 Å². The Bertz CT molecular complexity index is 666. The smallest absolute Gasteiger partial charge is 0.137 e. The molecule has 2 heteroatoms. The van der Waals surface area contributed by atoms with Crippen LogP contribution in [0.15, 0.2) is 48.7 Å². The first-order chi connectivity index (χ1) is 8.24. The van der Waals surface area contributed by atoms with Gasteiger partial charge < -0.3 is 4.40 Å². The topological polar surface area (TPSA) is 17.3 Å². The highest BCUT2D eigenvalue weighted by Gasteiger charge is 2.05. The van der Waals surface area contributed by atoms with Crippen LogP contribution in [0.5, 0.6) is 0 Å². The van der Waals surface area contributed by atoms with Crippen molar-refractivity contribution in [2.45, 2.75) is 13.8 Å². The summed E-state index contributed by atoms with van der Waals surface area (Å²) in [5.74, 6) is 0. The lowest BCUT2D eigenvalue weighted by Crippen LogP contribution is -1.89. The van der Waals surface area contributed by atoms with Crippen LogP contribution in [0, 0.1) is 13.8 Å². The Kier molecular flexibility index (Phi) is 2.22. The molecule has 3 aromatic rings. The third-order valence-electron chi connectivity index (χ3n) is 2.98. The van der Waals surface area contributed by atoms with E-state index >= 15 is 0 Å².